The van der Waals surface area contributed by atoms with Crippen molar-refractivity contribution in [3.8, 4) is 11.8 Å². The predicted octanol–water partition coefficient (Wildman–Crippen LogP) is -0.0469. The molecule has 2 fully saturated rings. The van der Waals surface area contributed by atoms with Crippen LogP contribution in [0, 0.1) is 11.8 Å². The highest BCUT2D eigenvalue weighted by Gasteiger charge is 2.33. The van der Waals surface area contributed by atoms with Gasteiger partial charge in [0.2, 0.25) is 6.10 Å². The highest BCUT2D eigenvalue weighted by atomic mass is 16.8. The SMILES string of the molecule is O=C1OCC(C(=O)CCC#CCOC(=O)C2COC(=O)O2)O1. The Morgan fingerprint density at radius 1 is 1.05 bits per heavy atom. The van der Waals surface area contributed by atoms with E-state index in [4.69, 9.17) is 4.74 Å². The molecule has 0 spiro atoms. The minimum atomic E-state index is -1.06. The van der Waals surface area contributed by atoms with Gasteiger partial charge in [-0.05, 0) is 0 Å². The molecule has 118 valence electrons. The number of ketones is 1. The summed E-state index contributed by atoms with van der Waals surface area (Å²) in [5, 5.41) is 0. The fourth-order valence-electron chi connectivity index (χ4n) is 1.62. The highest BCUT2D eigenvalue weighted by molar-refractivity contribution is 5.86. The van der Waals surface area contributed by atoms with Crippen LogP contribution in [0.2, 0.25) is 0 Å². The lowest BCUT2D eigenvalue weighted by Gasteiger charge is -2.04. The molecule has 2 aliphatic rings. The van der Waals surface area contributed by atoms with Crippen LogP contribution in [0.4, 0.5) is 9.59 Å². The summed E-state index contributed by atoms with van der Waals surface area (Å²) in [7, 11) is 0. The second-order valence-corrected chi connectivity index (χ2v) is 4.26. The molecule has 0 aromatic heterocycles. The van der Waals surface area contributed by atoms with E-state index >= 15 is 0 Å². The van der Waals surface area contributed by atoms with Crippen LogP contribution < -0.4 is 0 Å². The summed E-state index contributed by atoms with van der Waals surface area (Å²) < 4.78 is 22.8. The average Bonchev–Trinajstić information content (AvgIpc) is 3.11. The minimum absolute atomic E-state index is 0.0785. The number of esters is 1. The summed E-state index contributed by atoms with van der Waals surface area (Å²) in [5.74, 6) is 4.15. The normalized spacial score (nSPS) is 22.5. The van der Waals surface area contributed by atoms with Crippen LogP contribution in [-0.2, 0) is 33.3 Å². The first-order chi connectivity index (χ1) is 10.6. The number of ether oxygens (including phenoxy) is 5. The Balaban J connectivity index is 1.59. The largest absolute Gasteiger partial charge is 0.509 e. The summed E-state index contributed by atoms with van der Waals surface area (Å²) in [4.78, 5) is 44.2. The van der Waals surface area contributed by atoms with E-state index in [0.29, 0.717) is 0 Å². The Kier molecular flexibility index (Phi) is 5.19. The topological polar surface area (TPSA) is 114 Å². The van der Waals surface area contributed by atoms with E-state index in [0.717, 1.165) is 0 Å². The fourth-order valence-corrected chi connectivity index (χ4v) is 1.62. The summed E-state index contributed by atoms with van der Waals surface area (Å²) in [6.45, 7) is -0.449. The second kappa shape index (κ2) is 7.31. The van der Waals surface area contributed by atoms with E-state index in [1.807, 2.05) is 0 Å². The third-order valence-corrected chi connectivity index (χ3v) is 2.71. The van der Waals surface area contributed by atoms with Crippen LogP contribution in [0.5, 0.6) is 0 Å². The molecule has 0 aliphatic carbocycles. The maximum atomic E-state index is 11.6. The van der Waals surface area contributed by atoms with Crippen LogP contribution >= 0.6 is 0 Å². The molecule has 0 amide bonds. The quantitative estimate of drug-likeness (QED) is 0.391. The van der Waals surface area contributed by atoms with E-state index in [9.17, 15) is 19.2 Å². The van der Waals surface area contributed by atoms with E-state index in [2.05, 4.69) is 30.8 Å². The van der Waals surface area contributed by atoms with Gasteiger partial charge in [-0.2, -0.15) is 0 Å². The number of hydrogen-bond donors (Lipinski definition) is 0. The monoisotopic (exact) mass is 312 g/mol. The van der Waals surface area contributed by atoms with E-state index in [1.54, 1.807) is 0 Å². The molecule has 0 aromatic carbocycles. The van der Waals surface area contributed by atoms with E-state index in [-0.39, 0.29) is 38.4 Å². The third-order valence-electron chi connectivity index (χ3n) is 2.71. The van der Waals surface area contributed by atoms with Gasteiger partial charge < -0.3 is 23.7 Å². The fraction of sp³-hybridized carbons (Fsp3) is 0.538. The summed E-state index contributed by atoms with van der Waals surface area (Å²) in [5.41, 5.74) is 0. The van der Waals surface area contributed by atoms with Gasteiger partial charge in [-0.3, -0.25) is 4.79 Å². The molecule has 2 unspecified atom stereocenters. The number of rotatable bonds is 5. The number of cyclic esters (lactones) is 4. The number of carbonyl (C=O) groups is 4. The molecule has 9 heteroatoms. The van der Waals surface area contributed by atoms with Gasteiger partial charge in [-0.1, -0.05) is 11.8 Å². The van der Waals surface area contributed by atoms with Crippen molar-refractivity contribution >= 4 is 24.1 Å². The lowest BCUT2D eigenvalue weighted by molar-refractivity contribution is -0.150. The maximum Gasteiger partial charge on any atom is 0.509 e. The van der Waals surface area contributed by atoms with Crippen molar-refractivity contribution in [1.82, 2.24) is 0 Å². The zero-order valence-corrected chi connectivity index (χ0v) is 11.4. The molecular weight excluding hydrogens is 300 g/mol. The standard InChI is InChI=1S/C13H12O9/c14-8(9-6-19-12(16)21-9)4-2-1-3-5-18-11(15)10-7-20-13(17)22-10/h9-10H,2,4-7H2. The van der Waals surface area contributed by atoms with Crippen LogP contribution in [-0.4, -0.2) is 56.1 Å². The number of carbonyl (C=O) groups excluding carboxylic acids is 4. The molecule has 0 aromatic rings. The zero-order valence-electron chi connectivity index (χ0n) is 11.4. The first kappa shape index (κ1) is 15.6. The van der Waals surface area contributed by atoms with Gasteiger partial charge in [-0.15, -0.1) is 0 Å². The van der Waals surface area contributed by atoms with Gasteiger partial charge in [0, 0.05) is 12.8 Å². The van der Waals surface area contributed by atoms with Crippen molar-refractivity contribution in [1.29, 1.82) is 0 Å². The van der Waals surface area contributed by atoms with Crippen molar-refractivity contribution in [2.45, 2.75) is 25.0 Å². The van der Waals surface area contributed by atoms with Crippen LogP contribution in [0.25, 0.3) is 0 Å². The first-order valence-corrected chi connectivity index (χ1v) is 6.38. The predicted molar refractivity (Wildman–Crippen MR) is 65.4 cm³/mol. The average molecular weight is 312 g/mol. The third kappa shape index (κ3) is 4.37. The Morgan fingerprint density at radius 2 is 1.68 bits per heavy atom. The van der Waals surface area contributed by atoms with Crippen molar-refractivity contribution in [3.63, 3.8) is 0 Å². The molecule has 0 saturated carbocycles. The van der Waals surface area contributed by atoms with Gasteiger partial charge >= 0.3 is 18.3 Å². The molecule has 2 saturated heterocycles. The van der Waals surface area contributed by atoms with Crippen molar-refractivity contribution in [3.05, 3.63) is 0 Å². The Labute approximate surface area is 124 Å². The Bertz CT molecular complexity index is 495. The molecule has 9 nitrogen and oxygen atoms in total. The summed E-state index contributed by atoms with van der Waals surface area (Å²) in [6.07, 6.45) is -3.38. The van der Waals surface area contributed by atoms with Crippen LogP contribution in [0.15, 0.2) is 0 Å². The van der Waals surface area contributed by atoms with Crippen molar-refractivity contribution in [2.75, 3.05) is 19.8 Å². The lowest BCUT2D eigenvalue weighted by atomic mass is 10.1. The summed E-state index contributed by atoms with van der Waals surface area (Å²) in [6, 6.07) is 0. The second-order valence-electron chi connectivity index (χ2n) is 4.26. The smallest absolute Gasteiger partial charge is 0.450 e. The molecule has 2 aliphatic heterocycles. The molecule has 0 bridgehead atoms. The van der Waals surface area contributed by atoms with Crippen LogP contribution in [0.1, 0.15) is 12.8 Å². The van der Waals surface area contributed by atoms with Gasteiger partial charge in [0.1, 0.15) is 13.2 Å². The van der Waals surface area contributed by atoms with E-state index in [1.165, 1.54) is 0 Å². The highest BCUT2D eigenvalue weighted by Crippen LogP contribution is 2.10. The molecule has 2 rings (SSSR count). The van der Waals surface area contributed by atoms with Crippen LogP contribution in [0.3, 0.4) is 0 Å². The molecule has 22 heavy (non-hydrogen) atoms. The minimum Gasteiger partial charge on any atom is -0.450 e. The van der Waals surface area contributed by atoms with Crippen molar-refractivity contribution < 1.29 is 42.9 Å². The molecule has 0 N–H and O–H groups in total. The maximum absolute atomic E-state index is 11.6. The molecule has 2 atom stereocenters. The van der Waals surface area contributed by atoms with Gasteiger partial charge in [0.15, 0.2) is 18.5 Å². The Hall–Kier alpha value is -2.76. The zero-order chi connectivity index (χ0) is 15.9. The first-order valence-electron chi connectivity index (χ1n) is 6.38. The molecule has 2 heterocycles. The van der Waals surface area contributed by atoms with Crippen molar-refractivity contribution in [2.24, 2.45) is 0 Å². The molecular formula is C13H12O9. The lowest BCUT2D eigenvalue weighted by Crippen LogP contribution is -2.25. The van der Waals surface area contributed by atoms with Gasteiger partial charge in [0.25, 0.3) is 0 Å². The summed E-state index contributed by atoms with van der Waals surface area (Å²) >= 11 is 0. The van der Waals surface area contributed by atoms with E-state index < -0.39 is 30.5 Å². The molecule has 0 radical (unpaired) electrons. The Morgan fingerprint density at radius 3 is 2.27 bits per heavy atom. The number of Topliss-reactive ketones (excluding diaryl/α,β-unsaturated/α-hetero) is 1. The number of hydrogen-bond acceptors (Lipinski definition) is 9. The van der Waals surface area contributed by atoms with Gasteiger partial charge in [-0.25, -0.2) is 14.4 Å². The van der Waals surface area contributed by atoms with Gasteiger partial charge in [0.05, 0.1) is 0 Å².